The Hall–Kier alpha value is -1.03. The predicted octanol–water partition coefficient (Wildman–Crippen LogP) is 0.768. The van der Waals surface area contributed by atoms with Crippen LogP contribution >= 0.6 is 0 Å². The number of hydrogen-bond donors (Lipinski definition) is 1. The van der Waals surface area contributed by atoms with Crippen LogP contribution in [0.5, 0.6) is 0 Å². The van der Waals surface area contributed by atoms with Crippen LogP contribution in [0.2, 0.25) is 0 Å². The van der Waals surface area contributed by atoms with Crippen molar-refractivity contribution in [3.63, 3.8) is 0 Å². The minimum atomic E-state index is -3.43. The molecule has 3 rings (SSSR count). The lowest BCUT2D eigenvalue weighted by molar-refractivity contribution is -0.104. The number of nitrogens with zero attached hydrogens (tertiary/aromatic N) is 3. The normalized spacial score (nSPS) is 27.6. The SMILES string of the molecule is CN(C)S(=O)(=O)N1CC[C@]2(O)CCN(CCOCc3ccccc3)C[C@@H]2C1. The highest BCUT2D eigenvalue weighted by atomic mass is 32.2. The number of benzene rings is 1. The minimum Gasteiger partial charge on any atom is -0.389 e. The molecule has 2 aliphatic heterocycles. The van der Waals surface area contributed by atoms with Crippen LogP contribution in [-0.2, 0) is 21.6 Å². The van der Waals surface area contributed by atoms with Crippen LogP contribution in [0, 0.1) is 5.92 Å². The molecule has 2 fully saturated rings. The summed E-state index contributed by atoms with van der Waals surface area (Å²) < 4.78 is 33.4. The van der Waals surface area contributed by atoms with Crippen LogP contribution in [0.3, 0.4) is 0 Å². The maximum Gasteiger partial charge on any atom is 0.281 e. The van der Waals surface area contributed by atoms with E-state index in [2.05, 4.69) is 4.90 Å². The summed E-state index contributed by atoms with van der Waals surface area (Å²) in [5.74, 6) is -0.0659. The second-order valence-electron chi connectivity index (χ2n) is 7.79. The summed E-state index contributed by atoms with van der Waals surface area (Å²) in [6, 6.07) is 10.1. The molecule has 0 radical (unpaired) electrons. The van der Waals surface area contributed by atoms with Gasteiger partial charge >= 0.3 is 0 Å². The van der Waals surface area contributed by atoms with Gasteiger partial charge in [-0.1, -0.05) is 30.3 Å². The van der Waals surface area contributed by atoms with Crippen molar-refractivity contribution in [3.05, 3.63) is 35.9 Å². The number of aliphatic hydroxyl groups is 1. The Bertz CT molecular complexity index is 713. The Morgan fingerprint density at radius 1 is 1.19 bits per heavy atom. The van der Waals surface area contributed by atoms with Crippen LogP contribution in [-0.4, -0.2) is 86.1 Å². The van der Waals surface area contributed by atoms with Crippen LogP contribution in [0.1, 0.15) is 18.4 Å². The van der Waals surface area contributed by atoms with Gasteiger partial charge in [-0.25, -0.2) is 0 Å². The molecule has 0 aromatic heterocycles. The molecule has 2 atom stereocenters. The summed E-state index contributed by atoms with van der Waals surface area (Å²) in [7, 11) is -0.336. The average molecular weight is 398 g/mol. The molecule has 0 saturated carbocycles. The molecule has 8 heteroatoms. The first-order chi connectivity index (χ1) is 12.8. The Morgan fingerprint density at radius 3 is 2.59 bits per heavy atom. The zero-order valence-corrected chi connectivity index (χ0v) is 17.1. The van der Waals surface area contributed by atoms with Crippen molar-refractivity contribution in [2.45, 2.75) is 25.0 Å². The molecule has 2 heterocycles. The minimum absolute atomic E-state index is 0.0659. The van der Waals surface area contributed by atoms with E-state index in [0.717, 1.165) is 18.7 Å². The molecule has 2 saturated heterocycles. The first-order valence-electron chi connectivity index (χ1n) is 9.55. The Balaban J connectivity index is 1.50. The van der Waals surface area contributed by atoms with Gasteiger partial charge in [0.25, 0.3) is 10.2 Å². The third-order valence-electron chi connectivity index (χ3n) is 5.77. The number of piperidine rings is 2. The molecule has 1 aromatic carbocycles. The first kappa shape index (κ1) is 20.7. The van der Waals surface area contributed by atoms with Crippen LogP contribution in [0.15, 0.2) is 30.3 Å². The van der Waals surface area contributed by atoms with Crippen molar-refractivity contribution in [2.24, 2.45) is 5.92 Å². The average Bonchev–Trinajstić information content (AvgIpc) is 2.65. The number of rotatable bonds is 7. The molecule has 0 amide bonds. The lowest BCUT2D eigenvalue weighted by Gasteiger charge is -2.50. The quantitative estimate of drug-likeness (QED) is 0.688. The van der Waals surface area contributed by atoms with E-state index in [1.807, 2.05) is 30.3 Å². The number of likely N-dealkylation sites (tertiary alicyclic amines) is 1. The second-order valence-corrected chi connectivity index (χ2v) is 9.93. The molecular formula is C19H31N3O4S. The van der Waals surface area contributed by atoms with Gasteiger partial charge in [0.1, 0.15) is 0 Å². The maximum absolute atomic E-state index is 12.4. The van der Waals surface area contributed by atoms with Crippen molar-refractivity contribution in [1.29, 1.82) is 0 Å². The highest BCUT2D eigenvalue weighted by Gasteiger charge is 2.47. The predicted molar refractivity (Wildman–Crippen MR) is 104 cm³/mol. The van der Waals surface area contributed by atoms with Crippen LogP contribution < -0.4 is 0 Å². The molecule has 0 unspecified atom stereocenters. The Kier molecular flexibility index (Phi) is 6.55. The molecule has 1 aromatic rings. The monoisotopic (exact) mass is 397 g/mol. The van der Waals surface area contributed by atoms with Gasteiger partial charge in [-0.3, -0.25) is 0 Å². The smallest absolute Gasteiger partial charge is 0.281 e. The van der Waals surface area contributed by atoms with Gasteiger partial charge in [0, 0.05) is 52.7 Å². The summed E-state index contributed by atoms with van der Waals surface area (Å²) in [4.78, 5) is 2.27. The zero-order chi connectivity index (χ0) is 19.5. The summed E-state index contributed by atoms with van der Waals surface area (Å²) in [5.41, 5.74) is 0.405. The summed E-state index contributed by atoms with van der Waals surface area (Å²) >= 11 is 0. The number of hydrogen-bond acceptors (Lipinski definition) is 5. The zero-order valence-electron chi connectivity index (χ0n) is 16.2. The molecule has 27 heavy (non-hydrogen) atoms. The molecule has 0 spiro atoms. The summed E-state index contributed by atoms with van der Waals surface area (Å²) in [6.07, 6.45) is 1.19. The van der Waals surface area contributed by atoms with Gasteiger partial charge < -0.3 is 14.7 Å². The first-order valence-corrected chi connectivity index (χ1v) is 10.9. The van der Waals surface area contributed by atoms with Gasteiger partial charge in [0.05, 0.1) is 18.8 Å². The van der Waals surface area contributed by atoms with E-state index in [4.69, 9.17) is 4.74 Å². The van der Waals surface area contributed by atoms with Crippen molar-refractivity contribution >= 4 is 10.2 Å². The lowest BCUT2D eigenvalue weighted by Crippen LogP contribution is -2.61. The van der Waals surface area contributed by atoms with Crippen LogP contribution in [0.25, 0.3) is 0 Å². The standard InChI is InChI=1S/C19H31N3O4S/c1-20(2)27(24,25)22-11-9-19(23)8-10-21(14-18(19)15-22)12-13-26-16-17-6-4-3-5-7-17/h3-7,18,23H,8-16H2,1-2H3/t18-,19-/m1/s1. The third kappa shape index (κ3) is 4.88. The van der Waals surface area contributed by atoms with E-state index in [9.17, 15) is 13.5 Å². The van der Waals surface area contributed by atoms with Crippen LogP contribution in [0.4, 0.5) is 0 Å². The van der Waals surface area contributed by atoms with Gasteiger partial charge in [-0.15, -0.1) is 0 Å². The number of fused-ring (bicyclic) bond motifs is 1. The third-order valence-corrected chi connectivity index (χ3v) is 7.68. The van der Waals surface area contributed by atoms with Crippen molar-refractivity contribution in [2.75, 3.05) is 53.4 Å². The fraction of sp³-hybridized carbons (Fsp3) is 0.684. The lowest BCUT2D eigenvalue weighted by atomic mass is 9.76. The molecular weight excluding hydrogens is 366 g/mol. The Labute approximate surface area is 162 Å². The fourth-order valence-electron chi connectivity index (χ4n) is 3.94. The van der Waals surface area contributed by atoms with Gasteiger partial charge in [-0.05, 0) is 18.4 Å². The fourth-order valence-corrected chi connectivity index (χ4v) is 5.09. The van der Waals surface area contributed by atoms with E-state index in [1.54, 1.807) is 14.1 Å². The Morgan fingerprint density at radius 2 is 1.89 bits per heavy atom. The van der Waals surface area contributed by atoms with E-state index in [0.29, 0.717) is 45.7 Å². The summed E-state index contributed by atoms with van der Waals surface area (Å²) in [6.45, 7) is 4.29. The van der Waals surface area contributed by atoms with E-state index >= 15 is 0 Å². The van der Waals surface area contributed by atoms with E-state index < -0.39 is 15.8 Å². The van der Waals surface area contributed by atoms with E-state index in [1.165, 1.54) is 8.61 Å². The topological polar surface area (TPSA) is 73.3 Å². The molecule has 152 valence electrons. The summed E-state index contributed by atoms with van der Waals surface area (Å²) in [5, 5.41) is 11.0. The largest absolute Gasteiger partial charge is 0.389 e. The molecule has 0 bridgehead atoms. The maximum atomic E-state index is 12.4. The number of ether oxygens (including phenoxy) is 1. The molecule has 1 N–H and O–H groups in total. The second kappa shape index (κ2) is 8.55. The molecule has 7 nitrogen and oxygen atoms in total. The van der Waals surface area contributed by atoms with Gasteiger partial charge in [0.2, 0.25) is 0 Å². The molecule has 0 aliphatic carbocycles. The van der Waals surface area contributed by atoms with Gasteiger partial charge in [0.15, 0.2) is 0 Å². The highest BCUT2D eigenvalue weighted by molar-refractivity contribution is 7.86. The van der Waals surface area contributed by atoms with Crippen molar-refractivity contribution < 1.29 is 18.3 Å². The van der Waals surface area contributed by atoms with Crippen molar-refractivity contribution in [3.8, 4) is 0 Å². The van der Waals surface area contributed by atoms with E-state index in [-0.39, 0.29) is 5.92 Å². The molecule has 2 aliphatic rings. The van der Waals surface area contributed by atoms with Gasteiger partial charge in [-0.2, -0.15) is 17.0 Å². The van der Waals surface area contributed by atoms with Crippen molar-refractivity contribution in [1.82, 2.24) is 13.5 Å². The highest BCUT2D eigenvalue weighted by Crippen LogP contribution is 2.36.